The van der Waals surface area contributed by atoms with Gasteiger partial charge in [-0.3, -0.25) is 5.32 Å². The van der Waals surface area contributed by atoms with Gasteiger partial charge in [-0.25, -0.2) is 18.2 Å². The van der Waals surface area contributed by atoms with Crippen LogP contribution in [0.1, 0.15) is 15.9 Å². The number of aromatic nitrogens is 1. The Morgan fingerprint density at radius 1 is 1.19 bits per heavy atom. The lowest BCUT2D eigenvalue weighted by atomic mass is 10.2. The third-order valence-corrected chi connectivity index (χ3v) is 4.48. The van der Waals surface area contributed by atoms with Gasteiger partial charge < -0.3 is 4.74 Å². The molecule has 0 fully saturated rings. The molecule has 140 valence electrons. The SMILES string of the molecule is CS(=O)(=O)c1ccccc1C[NH2+]C(=O)c1ccc(OCC(F)(F)F)nc1. The lowest BCUT2D eigenvalue weighted by Gasteiger charge is -2.08. The molecule has 1 amide bonds. The van der Waals surface area contributed by atoms with E-state index in [9.17, 15) is 26.4 Å². The average Bonchev–Trinajstić information content (AvgIpc) is 2.57. The number of ether oxygens (including phenoxy) is 1. The standard InChI is InChI=1S/C16H15F3N2O4S/c1-26(23,24)13-5-3-2-4-11(13)8-21-15(22)12-6-7-14(20-9-12)25-10-16(17,18)19/h2-7,9H,8,10H2,1H3,(H,21,22)/p+1. The van der Waals surface area contributed by atoms with Crippen LogP contribution in [0.15, 0.2) is 47.5 Å². The fourth-order valence-corrected chi connectivity index (χ4v) is 3.08. The van der Waals surface area contributed by atoms with E-state index < -0.39 is 28.5 Å². The number of hydrogen-bond donors (Lipinski definition) is 1. The quantitative estimate of drug-likeness (QED) is 0.805. The summed E-state index contributed by atoms with van der Waals surface area (Å²) in [5.74, 6) is -0.676. The second kappa shape index (κ2) is 7.83. The Morgan fingerprint density at radius 2 is 1.88 bits per heavy atom. The lowest BCUT2D eigenvalue weighted by molar-refractivity contribution is -0.572. The number of nitrogens with zero attached hydrogens (tertiary/aromatic N) is 1. The van der Waals surface area contributed by atoms with Crippen LogP contribution in [0.4, 0.5) is 13.2 Å². The molecule has 2 aromatic rings. The average molecular weight is 389 g/mol. The maximum Gasteiger partial charge on any atom is 0.422 e. The molecule has 1 aromatic carbocycles. The molecule has 0 unspecified atom stereocenters. The molecule has 6 nitrogen and oxygen atoms in total. The molecule has 1 aromatic heterocycles. The molecule has 2 N–H and O–H groups in total. The number of rotatable bonds is 6. The van der Waals surface area contributed by atoms with E-state index in [-0.39, 0.29) is 22.9 Å². The van der Waals surface area contributed by atoms with Gasteiger partial charge in [0.05, 0.1) is 10.5 Å². The van der Waals surface area contributed by atoms with Crippen molar-refractivity contribution in [3.8, 4) is 5.88 Å². The second-order valence-corrected chi connectivity index (χ2v) is 7.43. The van der Waals surface area contributed by atoms with Crippen LogP contribution in [0.5, 0.6) is 5.88 Å². The zero-order valence-electron chi connectivity index (χ0n) is 13.7. The normalized spacial score (nSPS) is 12.0. The van der Waals surface area contributed by atoms with Gasteiger partial charge in [-0.05, 0) is 12.1 Å². The predicted octanol–water partition coefficient (Wildman–Crippen LogP) is 1.33. The van der Waals surface area contributed by atoms with E-state index >= 15 is 0 Å². The molecule has 10 heteroatoms. The fourth-order valence-electron chi connectivity index (χ4n) is 2.12. The van der Waals surface area contributed by atoms with Crippen molar-refractivity contribution in [3.05, 3.63) is 53.7 Å². The van der Waals surface area contributed by atoms with Gasteiger partial charge in [0.1, 0.15) is 6.54 Å². The fraction of sp³-hybridized carbons (Fsp3) is 0.250. The highest BCUT2D eigenvalue weighted by atomic mass is 32.2. The summed E-state index contributed by atoms with van der Waals surface area (Å²) in [5, 5.41) is 1.29. The summed E-state index contributed by atoms with van der Waals surface area (Å²) in [6.07, 6.45) is -2.29. The first kappa shape index (κ1) is 19.9. The topological polar surface area (TPSA) is 89.9 Å². The highest BCUT2D eigenvalue weighted by Crippen LogP contribution is 2.17. The van der Waals surface area contributed by atoms with Crippen LogP contribution in [0.25, 0.3) is 0 Å². The molecule has 0 saturated carbocycles. The summed E-state index contributed by atoms with van der Waals surface area (Å²) in [7, 11) is -3.42. The smallest absolute Gasteiger partial charge is 0.422 e. The van der Waals surface area contributed by atoms with Crippen molar-refractivity contribution in [3.63, 3.8) is 0 Å². The number of sulfone groups is 1. The molecule has 0 saturated heterocycles. The predicted molar refractivity (Wildman–Crippen MR) is 85.3 cm³/mol. The number of quaternary nitrogens is 1. The third kappa shape index (κ3) is 5.81. The van der Waals surface area contributed by atoms with Crippen LogP contribution in [-0.4, -0.2) is 38.3 Å². The zero-order valence-corrected chi connectivity index (χ0v) is 14.5. The Labute approximate surface area is 147 Å². The lowest BCUT2D eigenvalue weighted by Crippen LogP contribution is -2.86. The Morgan fingerprint density at radius 3 is 2.46 bits per heavy atom. The van der Waals surface area contributed by atoms with Crippen LogP contribution in [-0.2, 0) is 16.4 Å². The van der Waals surface area contributed by atoms with Crippen molar-refractivity contribution in [1.29, 1.82) is 0 Å². The summed E-state index contributed by atoms with van der Waals surface area (Å²) >= 11 is 0. The minimum atomic E-state index is -4.48. The second-order valence-electron chi connectivity index (χ2n) is 5.44. The van der Waals surface area contributed by atoms with Gasteiger partial charge >= 0.3 is 12.1 Å². The minimum Gasteiger partial charge on any atom is -0.468 e. The molecular weight excluding hydrogens is 373 g/mol. The van der Waals surface area contributed by atoms with Gasteiger partial charge in [0, 0.05) is 24.1 Å². The van der Waals surface area contributed by atoms with Crippen LogP contribution in [0, 0.1) is 0 Å². The number of halogens is 3. The van der Waals surface area contributed by atoms with E-state index in [1.165, 1.54) is 17.4 Å². The molecule has 0 spiro atoms. The first-order valence-electron chi connectivity index (χ1n) is 7.37. The monoisotopic (exact) mass is 389 g/mol. The van der Waals surface area contributed by atoms with E-state index in [1.807, 2.05) is 0 Å². The highest BCUT2D eigenvalue weighted by molar-refractivity contribution is 7.90. The van der Waals surface area contributed by atoms with Crippen LogP contribution >= 0.6 is 0 Å². The molecule has 0 radical (unpaired) electrons. The van der Waals surface area contributed by atoms with E-state index in [1.54, 1.807) is 18.2 Å². The number of nitrogens with two attached hydrogens (primary N) is 1. The summed E-state index contributed by atoms with van der Waals surface area (Å²) in [4.78, 5) is 15.9. The molecule has 0 aliphatic heterocycles. The summed E-state index contributed by atoms with van der Waals surface area (Å²) in [5.41, 5.74) is 0.627. The van der Waals surface area contributed by atoms with Crippen molar-refractivity contribution < 1.29 is 36.4 Å². The number of primary amides is 1. The van der Waals surface area contributed by atoms with Gasteiger partial charge in [-0.2, -0.15) is 13.2 Å². The van der Waals surface area contributed by atoms with Gasteiger partial charge in [0.25, 0.3) is 0 Å². The molecule has 2 rings (SSSR count). The van der Waals surface area contributed by atoms with Crippen molar-refractivity contribution in [2.45, 2.75) is 17.6 Å². The maximum atomic E-state index is 12.1. The summed E-state index contributed by atoms with van der Waals surface area (Å²) < 4.78 is 64.2. The number of carbonyl (C=O) groups excluding carboxylic acids is 1. The van der Waals surface area contributed by atoms with Crippen LogP contribution in [0.3, 0.4) is 0 Å². The van der Waals surface area contributed by atoms with Crippen molar-refractivity contribution in [1.82, 2.24) is 4.98 Å². The van der Waals surface area contributed by atoms with Gasteiger partial charge in [-0.15, -0.1) is 0 Å². The van der Waals surface area contributed by atoms with Crippen molar-refractivity contribution in [2.24, 2.45) is 0 Å². The Balaban J connectivity index is 2.01. The summed E-state index contributed by atoms with van der Waals surface area (Å²) in [6, 6.07) is 8.77. The molecular formula is C16H16F3N2O4S+. The molecule has 0 atom stereocenters. The molecule has 26 heavy (non-hydrogen) atoms. The van der Waals surface area contributed by atoms with Gasteiger partial charge in [0.2, 0.25) is 5.88 Å². The Bertz CT molecular complexity index is 881. The zero-order chi connectivity index (χ0) is 19.4. The largest absolute Gasteiger partial charge is 0.468 e. The highest BCUT2D eigenvalue weighted by Gasteiger charge is 2.28. The first-order chi connectivity index (χ1) is 12.1. The van der Waals surface area contributed by atoms with Crippen molar-refractivity contribution >= 4 is 15.7 Å². The third-order valence-electron chi connectivity index (χ3n) is 3.28. The van der Waals surface area contributed by atoms with Crippen LogP contribution in [0.2, 0.25) is 0 Å². The maximum absolute atomic E-state index is 12.1. The minimum absolute atomic E-state index is 0.0917. The van der Waals surface area contributed by atoms with Crippen LogP contribution < -0.4 is 10.1 Å². The van der Waals surface area contributed by atoms with Gasteiger partial charge in [0.15, 0.2) is 16.4 Å². The number of pyridine rings is 1. The Hall–Kier alpha value is -2.46. The number of carbonyl (C=O) groups is 1. The van der Waals surface area contributed by atoms with E-state index in [0.29, 0.717) is 5.56 Å². The van der Waals surface area contributed by atoms with Gasteiger partial charge in [-0.1, -0.05) is 18.2 Å². The van der Waals surface area contributed by atoms with Crippen molar-refractivity contribution in [2.75, 3.05) is 12.9 Å². The molecule has 0 bridgehead atoms. The van der Waals surface area contributed by atoms with E-state index in [2.05, 4.69) is 9.72 Å². The van der Waals surface area contributed by atoms with E-state index in [0.717, 1.165) is 18.5 Å². The Kier molecular flexibility index (Phi) is 5.98. The number of alkyl halides is 3. The molecule has 0 aliphatic rings. The number of amides is 1. The van der Waals surface area contributed by atoms with E-state index in [4.69, 9.17) is 0 Å². The summed E-state index contributed by atoms with van der Waals surface area (Å²) in [6.45, 7) is -1.38. The number of hydrogen-bond acceptors (Lipinski definition) is 5. The molecule has 1 heterocycles. The molecule has 0 aliphatic carbocycles. The first-order valence-corrected chi connectivity index (χ1v) is 9.26. The number of benzene rings is 1.